The van der Waals surface area contributed by atoms with Crippen LogP contribution in [-0.2, 0) is 0 Å². The molecule has 1 aromatic carbocycles. The average Bonchev–Trinajstić information content (AvgIpc) is 2.27. The predicted octanol–water partition coefficient (Wildman–Crippen LogP) is 2.58. The normalized spacial score (nSPS) is 10.7. The average molecular weight is 215 g/mol. The lowest BCUT2D eigenvalue weighted by atomic mass is 10.1. The van der Waals surface area contributed by atoms with Gasteiger partial charge < -0.3 is 10.6 Å². The number of aryl methyl sites for hydroxylation is 1. The van der Waals surface area contributed by atoms with Crippen LogP contribution in [0.4, 0.5) is 11.4 Å². The van der Waals surface area contributed by atoms with Crippen molar-refractivity contribution in [3.05, 3.63) is 30.0 Å². The fraction of sp³-hybridized carbons (Fsp3) is 0.308. The Morgan fingerprint density at radius 1 is 1.31 bits per heavy atom. The Kier molecular flexibility index (Phi) is 2.69. The molecule has 16 heavy (non-hydrogen) atoms. The van der Waals surface area contributed by atoms with Crippen molar-refractivity contribution >= 4 is 22.3 Å². The van der Waals surface area contributed by atoms with Gasteiger partial charge in [0.1, 0.15) is 0 Å². The Balaban J connectivity index is 2.74. The summed E-state index contributed by atoms with van der Waals surface area (Å²) in [5.41, 5.74) is 9.84. The van der Waals surface area contributed by atoms with Crippen LogP contribution in [0.3, 0.4) is 0 Å². The molecule has 0 fully saturated rings. The zero-order chi connectivity index (χ0) is 11.7. The number of rotatable bonds is 2. The minimum Gasteiger partial charge on any atom is -0.399 e. The maximum absolute atomic E-state index is 5.83. The van der Waals surface area contributed by atoms with Gasteiger partial charge in [0.25, 0.3) is 0 Å². The van der Waals surface area contributed by atoms with E-state index >= 15 is 0 Å². The highest BCUT2D eigenvalue weighted by molar-refractivity contribution is 5.93. The van der Waals surface area contributed by atoms with Gasteiger partial charge in [-0.15, -0.1) is 0 Å². The summed E-state index contributed by atoms with van der Waals surface area (Å²) >= 11 is 0. The number of fused-ring (bicyclic) bond motifs is 1. The van der Waals surface area contributed by atoms with E-state index in [1.165, 1.54) is 5.69 Å². The van der Waals surface area contributed by atoms with Crippen LogP contribution in [0.2, 0.25) is 0 Å². The van der Waals surface area contributed by atoms with Crippen molar-refractivity contribution in [2.75, 3.05) is 24.2 Å². The van der Waals surface area contributed by atoms with Gasteiger partial charge in [-0.1, -0.05) is 0 Å². The molecule has 0 unspecified atom stereocenters. The first kappa shape index (κ1) is 10.7. The molecule has 0 radical (unpaired) electrons. The van der Waals surface area contributed by atoms with Crippen molar-refractivity contribution in [3.8, 4) is 0 Å². The summed E-state index contributed by atoms with van der Waals surface area (Å²) in [6.07, 6.45) is 0. The molecular formula is C13H17N3. The van der Waals surface area contributed by atoms with Crippen molar-refractivity contribution in [3.63, 3.8) is 0 Å². The van der Waals surface area contributed by atoms with E-state index < -0.39 is 0 Å². The second kappa shape index (κ2) is 4.00. The smallest absolute Gasteiger partial charge is 0.0727 e. The molecule has 1 aromatic heterocycles. The third-order valence-electron chi connectivity index (χ3n) is 2.82. The monoisotopic (exact) mass is 215 g/mol. The van der Waals surface area contributed by atoms with Crippen LogP contribution in [0.5, 0.6) is 0 Å². The second-order valence-corrected chi connectivity index (χ2v) is 4.07. The maximum atomic E-state index is 5.83. The molecule has 0 atom stereocenters. The quantitative estimate of drug-likeness (QED) is 0.783. The molecule has 0 aliphatic carbocycles. The van der Waals surface area contributed by atoms with E-state index in [-0.39, 0.29) is 0 Å². The Hall–Kier alpha value is -1.77. The largest absolute Gasteiger partial charge is 0.399 e. The first-order valence-electron chi connectivity index (χ1n) is 5.50. The number of hydrogen-bond acceptors (Lipinski definition) is 3. The molecule has 0 saturated heterocycles. The topological polar surface area (TPSA) is 42.2 Å². The number of nitrogen functional groups attached to an aromatic ring is 1. The maximum Gasteiger partial charge on any atom is 0.0727 e. The summed E-state index contributed by atoms with van der Waals surface area (Å²) in [6.45, 7) is 5.12. The van der Waals surface area contributed by atoms with E-state index in [0.29, 0.717) is 0 Å². The van der Waals surface area contributed by atoms with Gasteiger partial charge in [0.15, 0.2) is 0 Å². The van der Waals surface area contributed by atoms with Gasteiger partial charge in [-0.05, 0) is 38.1 Å². The number of pyridine rings is 1. The molecule has 1 heterocycles. The fourth-order valence-corrected chi connectivity index (χ4v) is 1.84. The van der Waals surface area contributed by atoms with Crippen molar-refractivity contribution < 1.29 is 0 Å². The van der Waals surface area contributed by atoms with Crippen LogP contribution in [0.15, 0.2) is 24.3 Å². The molecule has 2 N–H and O–H groups in total. The first-order valence-corrected chi connectivity index (χ1v) is 5.50. The van der Waals surface area contributed by atoms with Gasteiger partial charge in [0, 0.05) is 36.0 Å². The predicted molar refractivity (Wildman–Crippen MR) is 69.8 cm³/mol. The molecule has 2 aromatic rings. The molecule has 3 nitrogen and oxygen atoms in total. The summed E-state index contributed by atoms with van der Waals surface area (Å²) in [4.78, 5) is 6.72. The van der Waals surface area contributed by atoms with E-state index in [0.717, 1.165) is 28.8 Å². The van der Waals surface area contributed by atoms with Crippen molar-refractivity contribution in [1.82, 2.24) is 4.98 Å². The van der Waals surface area contributed by atoms with Gasteiger partial charge in [-0.2, -0.15) is 0 Å². The lowest BCUT2D eigenvalue weighted by Crippen LogP contribution is -2.16. The number of nitrogens with two attached hydrogens (primary N) is 1. The third kappa shape index (κ3) is 1.81. The molecule has 0 saturated carbocycles. The SMILES string of the molecule is CCN(C)c1cc(C)nc2ccc(N)cc12. The van der Waals surface area contributed by atoms with Crippen LogP contribution >= 0.6 is 0 Å². The Morgan fingerprint density at radius 2 is 2.06 bits per heavy atom. The molecular weight excluding hydrogens is 198 g/mol. The standard InChI is InChI=1S/C13H17N3/c1-4-16(3)13-7-9(2)15-12-6-5-10(14)8-11(12)13/h5-8H,4,14H2,1-3H3. The molecule has 0 amide bonds. The van der Waals surface area contributed by atoms with E-state index in [4.69, 9.17) is 5.73 Å². The van der Waals surface area contributed by atoms with Gasteiger partial charge in [-0.3, -0.25) is 4.98 Å². The Morgan fingerprint density at radius 3 is 2.75 bits per heavy atom. The first-order chi connectivity index (χ1) is 7.61. The van der Waals surface area contributed by atoms with Crippen LogP contribution in [0.25, 0.3) is 10.9 Å². The summed E-state index contributed by atoms with van der Waals surface area (Å²) in [7, 11) is 2.08. The summed E-state index contributed by atoms with van der Waals surface area (Å²) in [6, 6.07) is 7.96. The molecule has 0 aliphatic rings. The fourth-order valence-electron chi connectivity index (χ4n) is 1.84. The van der Waals surface area contributed by atoms with E-state index in [2.05, 4.69) is 29.9 Å². The zero-order valence-corrected chi connectivity index (χ0v) is 9.99. The lowest BCUT2D eigenvalue weighted by molar-refractivity contribution is 0.970. The van der Waals surface area contributed by atoms with Crippen LogP contribution in [0.1, 0.15) is 12.6 Å². The highest BCUT2D eigenvalue weighted by Crippen LogP contribution is 2.27. The highest BCUT2D eigenvalue weighted by Gasteiger charge is 2.07. The third-order valence-corrected chi connectivity index (χ3v) is 2.82. The molecule has 0 aliphatic heterocycles. The number of nitrogens with zero attached hydrogens (tertiary/aromatic N) is 2. The molecule has 3 heteroatoms. The number of hydrogen-bond donors (Lipinski definition) is 1. The lowest BCUT2D eigenvalue weighted by Gasteiger charge is -2.19. The van der Waals surface area contributed by atoms with Crippen molar-refractivity contribution in [2.24, 2.45) is 0 Å². The highest BCUT2D eigenvalue weighted by atomic mass is 15.1. The minimum atomic E-state index is 0.781. The van der Waals surface area contributed by atoms with Gasteiger partial charge >= 0.3 is 0 Å². The van der Waals surface area contributed by atoms with Gasteiger partial charge in [0.05, 0.1) is 5.52 Å². The molecule has 0 spiro atoms. The second-order valence-electron chi connectivity index (χ2n) is 4.07. The summed E-state index contributed by atoms with van der Waals surface area (Å²) < 4.78 is 0. The van der Waals surface area contributed by atoms with Gasteiger partial charge in [-0.25, -0.2) is 0 Å². The molecule has 0 bridgehead atoms. The minimum absolute atomic E-state index is 0.781. The molecule has 84 valence electrons. The number of benzene rings is 1. The Bertz CT molecular complexity index is 520. The van der Waals surface area contributed by atoms with E-state index in [9.17, 15) is 0 Å². The van der Waals surface area contributed by atoms with Crippen LogP contribution in [0, 0.1) is 6.92 Å². The Labute approximate surface area is 95.9 Å². The van der Waals surface area contributed by atoms with Gasteiger partial charge in [0.2, 0.25) is 0 Å². The number of aromatic nitrogens is 1. The van der Waals surface area contributed by atoms with Crippen LogP contribution < -0.4 is 10.6 Å². The zero-order valence-electron chi connectivity index (χ0n) is 9.99. The summed E-state index contributed by atoms with van der Waals surface area (Å²) in [5, 5.41) is 1.12. The number of anilines is 2. The van der Waals surface area contributed by atoms with Crippen molar-refractivity contribution in [1.29, 1.82) is 0 Å². The van der Waals surface area contributed by atoms with E-state index in [1.54, 1.807) is 0 Å². The summed E-state index contributed by atoms with van der Waals surface area (Å²) in [5.74, 6) is 0. The molecule has 2 rings (SSSR count). The van der Waals surface area contributed by atoms with Crippen LogP contribution in [-0.4, -0.2) is 18.6 Å². The van der Waals surface area contributed by atoms with E-state index in [1.807, 2.05) is 25.1 Å². The van der Waals surface area contributed by atoms with Crippen molar-refractivity contribution in [2.45, 2.75) is 13.8 Å².